The summed E-state index contributed by atoms with van der Waals surface area (Å²) in [6.45, 7) is 4.67. The summed E-state index contributed by atoms with van der Waals surface area (Å²) < 4.78 is 2.14. The fourth-order valence-electron chi connectivity index (χ4n) is 1.66. The van der Waals surface area contributed by atoms with Crippen LogP contribution in [0.3, 0.4) is 0 Å². The van der Waals surface area contributed by atoms with Gasteiger partial charge in [-0.15, -0.1) is 18.2 Å². The van der Waals surface area contributed by atoms with Crippen LogP contribution in [0.15, 0.2) is 60.9 Å². The second-order valence-electron chi connectivity index (χ2n) is 3.97. The minimum Gasteiger partial charge on any atom is -0.201 e. The molecule has 1 atom stereocenters. The molecule has 1 unspecified atom stereocenters. The van der Waals surface area contributed by atoms with Gasteiger partial charge in [0.2, 0.25) is 0 Å². The fourth-order valence-corrected chi connectivity index (χ4v) is 1.80. The van der Waals surface area contributed by atoms with Crippen LogP contribution in [-0.4, -0.2) is 22.2 Å². The smallest absolute Gasteiger partial charge is 0.176 e. The first-order chi connectivity index (χ1) is 7.72. The Labute approximate surface area is 101 Å². The van der Waals surface area contributed by atoms with E-state index in [4.69, 9.17) is 11.6 Å². The fraction of sp³-hybridized carbons (Fsp3) is 0.214. The molecule has 0 bridgehead atoms. The summed E-state index contributed by atoms with van der Waals surface area (Å²) in [7, 11) is 0. The highest BCUT2D eigenvalue weighted by Crippen LogP contribution is 2.28. The zero-order chi connectivity index (χ0) is 11.4. The van der Waals surface area contributed by atoms with Crippen molar-refractivity contribution < 1.29 is 4.58 Å². The lowest BCUT2D eigenvalue weighted by Gasteiger charge is -2.19. The summed E-state index contributed by atoms with van der Waals surface area (Å²) in [5, 5.41) is 0. The molecule has 0 amide bonds. The molecule has 1 aliphatic heterocycles. The highest BCUT2D eigenvalue weighted by atomic mass is 35.5. The summed E-state index contributed by atoms with van der Waals surface area (Å²) in [5.41, 5.74) is 1.19. The number of hydrogen-bond acceptors (Lipinski definition) is 0. The first kappa shape index (κ1) is 11.2. The molecule has 2 rings (SSSR count). The van der Waals surface area contributed by atoms with E-state index in [1.165, 1.54) is 5.57 Å². The summed E-state index contributed by atoms with van der Waals surface area (Å²) in [4.78, 5) is -0.394. The summed E-state index contributed by atoms with van der Waals surface area (Å²) in [6, 6.07) is 0. The lowest BCUT2D eigenvalue weighted by Crippen LogP contribution is -2.17. The number of hydrogen-bond donors (Lipinski definition) is 0. The van der Waals surface area contributed by atoms with Gasteiger partial charge < -0.3 is 0 Å². The van der Waals surface area contributed by atoms with Gasteiger partial charge in [0.15, 0.2) is 19.0 Å². The molecule has 0 N–H and O–H groups in total. The molecule has 1 nitrogen and oxygen atoms in total. The molecule has 82 valence electrons. The van der Waals surface area contributed by atoms with Crippen molar-refractivity contribution in [1.29, 1.82) is 0 Å². The molecule has 0 spiro atoms. The average Bonchev–Trinajstić information content (AvgIpc) is 2.34. The Morgan fingerprint density at radius 2 is 2.31 bits per heavy atom. The molecule has 16 heavy (non-hydrogen) atoms. The Hall–Kier alpha value is -1.34. The van der Waals surface area contributed by atoms with Crippen LogP contribution in [0, 0.1) is 0 Å². The van der Waals surface area contributed by atoms with Gasteiger partial charge in [0.1, 0.15) is 0 Å². The molecular weight excluding hydrogens is 218 g/mol. The van der Waals surface area contributed by atoms with Crippen LogP contribution in [0.1, 0.15) is 6.42 Å². The van der Waals surface area contributed by atoms with E-state index in [1.807, 2.05) is 18.2 Å². The maximum Gasteiger partial charge on any atom is 0.176 e. The predicted molar refractivity (Wildman–Crippen MR) is 70.1 cm³/mol. The highest BCUT2D eigenvalue weighted by molar-refractivity contribution is 6.27. The van der Waals surface area contributed by atoms with E-state index in [0.29, 0.717) is 0 Å². The summed E-state index contributed by atoms with van der Waals surface area (Å²) in [6.07, 6.45) is 19.2. The third kappa shape index (κ3) is 2.61. The largest absolute Gasteiger partial charge is 0.201 e. The minimum absolute atomic E-state index is 0.394. The van der Waals surface area contributed by atoms with Crippen molar-refractivity contribution in [3.05, 3.63) is 60.9 Å². The zero-order valence-electron chi connectivity index (χ0n) is 9.14. The topological polar surface area (TPSA) is 3.01 Å². The number of rotatable bonds is 2. The number of allylic oxidation sites excluding steroid dienone is 7. The van der Waals surface area contributed by atoms with E-state index in [1.54, 1.807) is 6.08 Å². The average molecular weight is 233 g/mol. The van der Waals surface area contributed by atoms with E-state index in [-0.39, 0.29) is 0 Å². The van der Waals surface area contributed by atoms with Crippen molar-refractivity contribution in [2.75, 3.05) is 6.54 Å². The van der Waals surface area contributed by atoms with Crippen molar-refractivity contribution in [3.63, 3.8) is 0 Å². The van der Waals surface area contributed by atoms with Gasteiger partial charge >= 0.3 is 0 Å². The third-order valence-electron chi connectivity index (χ3n) is 2.70. The molecule has 0 aromatic carbocycles. The van der Waals surface area contributed by atoms with E-state index >= 15 is 0 Å². The SMILES string of the molecule is C=CC1(Cl)C=CC(C=[N+]2C=CC=CC2)=CC1. The molecule has 0 fully saturated rings. The Bertz CT molecular complexity index is 438. The van der Waals surface area contributed by atoms with E-state index < -0.39 is 4.87 Å². The van der Waals surface area contributed by atoms with Crippen LogP contribution >= 0.6 is 11.6 Å². The van der Waals surface area contributed by atoms with Gasteiger partial charge in [-0.1, -0.05) is 30.4 Å². The Morgan fingerprint density at radius 1 is 1.44 bits per heavy atom. The first-order valence-corrected chi connectivity index (χ1v) is 5.75. The molecule has 0 radical (unpaired) electrons. The van der Waals surface area contributed by atoms with E-state index in [2.05, 4.69) is 41.8 Å². The second kappa shape index (κ2) is 4.67. The van der Waals surface area contributed by atoms with Gasteiger partial charge in [-0.05, 0) is 12.5 Å². The predicted octanol–water partition coefficient (Wildman–Crippen LogP) is 3.20. The van der Waals surface area contributed by atoms with Gasteiger partial charge in [0.05, 0.1) is 4.87 Å². The lowest BCUT2D eigenvalue weighted by molar-refractivity contribution is -0.440. The van der Waals surface area contributed by atoms with Crippen LogP contribution in [0.2, 0.25) is 0 Å². The molecule has 0 saturated heterocycles. The Morgan fingerprint density at radius 3 is 2.88 bits per heavy atom. The molecule has 2 heteroatoms. The first-order valence-electron chi connectivity index (χ1n) is 5.38. The monoisotopic (exact) mass is 232 g/mol. The Kier molecular flexibility index (Phi) is 3.25. The third-order valence-corrected chi connectivity index (χ3v) is 3.13. The number of nitrogens with zero attached hydrogens (tertiary/aromatic N) is 1. The summed E-state index contributed by atoms with van der Waals surface area (Å²) >= 11 is 6.27. The van der Waals surface area contributed by atoms with Crippen LogP contribution in [-0.2, 0) is 0 Å². The van der Waals surface area contributed by atoms with Gasteiger partial charge in [-0.2, -0.15) is 0 Å². The van der Waals surface area contributed by atoms with Gasteiger partial charge in [0, 0.05) is 11.6 Å². The quantitative estimate of drug-likeness (QED) is 0.391. The standard InChI is InChI=1S/C14H15ClN/c1-2-14(15)8-6-13(7-9-14)12-16-10-4-3-5-11-16/h2-8,10,12H,1,9,11H2/q+1. The molecule has 0 aromatic rings. The van der Waals surface area contributed by atoms with Crippen LogP contribution in [0.5, 0.6) is 0 Å². The van der Waals surface area contributed by atoms with Gasteiger partial charge in [-0.3, -0.25) is 0 Å². The summed E-state index contributed by atoms with van der Waals surface area (Å²) in [5.74, 6) is 0. The van der Waals surface area contributed by atoms with Crippen LogP contribution in [0.4, 0.5) is 0 Å². The van der Waals surface area contributed by atoms with Crippen LogP contribution < -0.4 is 0 Å². The molecule has 2 aliphatic rings. The lowest BCUT2D eigenvalue weighted by atomic mass is 9.96. The zero-order valence-corrected chi connectivity index (χ0v) is 9.90. The molecular formula is C14H15ClN+. The van der Waals surface area contributed by atoms with E-state index in [9.17, 15) is 0 Å². The maximum atomic E-state index is 6.27. The van der Waals surface area contributed by atoms with Crippen molar-refractivity contribution >= 4 is 17.8 Å². The second-order valence-corrected chi connectivity index (χ2v) is 4.67. The molecule has 1 aliphatic carbocycles. The number of alkyl halides is 1. The van der Waals surface area contributed by atoms with Crippen molar-refractivity contribution in [2.45, 2.75) is 11.3 Å². The molecule has 0 saturated carbocycles. The van der Waals surface area contributed by atoms with Crippen molar-refractivity contribution in [1.82, 2.24) is 0 Å². The number of halogens is 1. The van der Waals surface area contributed by atoms with Crippen molar-refractivity contribution in [3.8, 4) is 0 Å². The van der Waals surface area contributed by atoms with Crippen molar-refractivity contribution in [2.24, 2.45) is 0 Å². The minimum atomic E-state index is -0.394. The normalized spacial score (nSPS) is 30.6. The Balaban J connectivity index is 2.10. The van der Waals surface area contributed by atoms with Gasteiger partial charge in [0.25, 0.3) is 0 Å². The maximum absolute atomic E-state index is 6.27. The molecule has 0 aromatic heterocycles. The van der Waals surface area contributed by atoms with Gasteiger partial charge in [-0.25, -0.2) is 4.58 Å². The van der Waals surface area contributed by atoms with Crippen LogP contribution in [0.25, 0.3) is 0 Å². The highest BCUT2D eigenvalue weighted by Gasteiger charge is 2.21. The van der Waals surface area contributed by atoms with E-state index in [0.717, 1.165) is 13.0 Å². The molecule has 1 heterocycles.